The SMILES string of the molecule is Cc1nc(CC(C)C)c(CN)c(-c2ccc(CN)cc2)c1CC(=O)Nc1cscc1C(=O)O.Cl.Cl. The molecule has 7 nitrogen and oxygen atoms in total. The van der Waals surface area contributed by atoms with Crippen molar-refractivity contribution < 1.29 is 14.7 Å². The number of carboxylic acids is 1. The lowest BCUT2D eigenvalue weighted by atomic mass is 9.88. The number of carboxylic acid groups (broad SMARTS) is 1. The fourth-order valence-corrected chi connectivity index (χ4v) is 4.66. The van der Waals surface area contributed by atoms with E-state index >= 15 is 0 Å². The predicted molar refractivity (Wildman–Crippen MR) is 147 cm³/mol. The van der Waals surface area contributed by atoms with Crippen molar-refractivity contribution in [1.82, 2.24) is 4.98 Å². The maximum atomic E-state index is 13.0. The number of benzene rings is 1. The Morgan fingerprint density at radius 3 is 2.26 bits per heavy atom. The lowest BCUT2D eigenvalue weighted by Gasteiger charge is -2.21. The van der Waals surface area contributed by atoms with Gasteiger partial charge in [0.05, 0.1) is 17.7 Å². The molecule has 0 saturated carbocycles. The Kier molecular flexibility index (Phi) is 11.8. The lowest BCUT2D eigenvalue weighted by Crippen LogP contribution is -2.19. The number of pyridine rings is 1. The quantitative estimate of drug-likeness (QED) is 0.304. The van der Waals surface area contributed by atoms with Gasteiger partial charge >= 0.3 is 5.97 Å². The van der Waals surface area contributed by atoms with E-state index in [0.29, 0.717) is 24.7 Å². The zero-order valence-corrected chi connectivity index (χ0v) is 22.4. The Bertz CT molecular complexity index is 1160. The second-order valence-electron chi connectivity index (χ2n) is 8.41. The van der Waals surface area contributed by atoms with E-state index in [1.54, 1.807) is 5.38 Å². The number of aromatic carboxylic acids is 1. The van der Waals surface area contributed by atoms with Gasteiger partial charge in [-0.15, -0.1) is 36.2 Å². The van der Waals surface area contributed by atoms with Crippen molar-refractivity contribution in [2.75, 3.05) is 5.32 Å². The average Bonchev–Trinajstić information content (AvgIpc) is 3.23. The van der Waals surface area contributed by atoms with Gasteiger partial charge in [-0.1, -0.05) is 38.1 Å². The Morgan fingerprint density at radius 1 is 1.06 bits per heavy atom. The second kappa shape index (κ2) is 13.6. The van der Waals surface area contributed by atoms with Crippen LogP contribution in [0.1, 0.15) is 52.3 Å². The summed E-state index contributed by atoms with van der Waals surface area (Å²) in [4.78, 5) is 29.2. The maximum Gasteiger partial charge on any atom is 0.338 e. The summed E-state index contributed by atoms with van der Waals surface area (Å²) in [5, 5.41) is 15.2. The maximum absolute atomic E-state index is 13.0. The molecule has 0 radical (unpaired) electrons. The van der Waals surface area contributed by atoms with Gasteiger partial charge in [0.25, 0.3) is 0 Å². The number of hydrogen-bond donors (Lipinski definition) is 4. The molecule has 3 rings (SSSR count). The zero-order chi connectivity index (χ0) is 24.1. The lowest BCUT2D eigenvalue weighted by molar-refractivity contribution is -0.115. The minimum Gasteiger partial charge on any atom is -0.478 e. The standard InChI is InChI=1S/C25H30N4O3S.2ClH/c1-14(2)8-21-19(11-27)24(17-6-4-16(10-26)5-7-17)18(15(3)28-21)9-23(30)29-22-13-33-12-20(22)25(31)32;;/h4-7,12-14H,8-11,26-27H2,1-3H3,(H,29,30)(H,31,32);2*1H. The van der Waals surface area contributed by atoms with E-state index in [-0.39, 0.29) is 42.7 Å². The van der Waals surface area contributed by atoms with Gasteiger partial charge in [-0.05, 0) is 47.1 Å². The smallest absolute Gasteiger partial charge is 0.338 e. The number of halogens is 2. The van der Waals surface area contributed by atoms with E-state index in [1.807, 2.05) is 31.2 Å². The highest BCUT2D eigenvalue weighted by Crippen LogP contribution is 2.33. The predicted octanol–water partition coefficient (Wildman–Crippen LogP) is 4.96. The largest absolute Gasteiger partial charge is 0.478 e. The molecule has 0 atom stereocenters. The van der Waals surface area contributed by atoms with Crippen molar-refractivity contribution in [3.8, 4) is 11.1 Å². The Hall–Kier alpha value is -2.49. The van der Waals surface area contributed by atoms with Crippen LogP contribution < -0.4 is 16.8 Å². The zero-order valence-electron chi connectivity index (χ0n) is 20.0. The van der Waals surface area contributed by atoms with Crippen LogP contribution in [0.25, 0.3) is 11.1 Å². The van der Waals surface area contributed by atoms with Gasteiger partial charge in [0.15, 0.2) is 0 Å². The third-order valence-corrected chi connectivity index (χ3v) is 6.22. The van der Waals surface area contributed by atoms with Crippen LogP contribution in [0.2, 0.25) is 0 Å². The number of anilines is 1. The van der Waals surface area contributed by atoms with Gasteiger partial charge in [0, 0.05) is 35.2 Å². The summed E-state index contributed by atoms with van der Waals surface area (Å²) in [6.07, 6.45) is 0.835. The van der Waals surface area contributed by atoms with Gasteiger partial charge in [-0.25, -0.2) is 4.79 Å². The molecule has 35 heavy (non-hydrogen) atoms. The molecule has 0 bridgehead atoms. The molecule has 3 aromatic rings. The Balaban J connectivity index is 0.00000306. The summed E-state index contributed by atoms with van der Waals surface area (Å²) in [5.41, 5.74) is 18.7. The highest BCUT2D eigenvalue weighted by molar-refractivity contribution is 7.08. The van der Waals surface area contributed by atoms with Gasteiger partial charge in [0.2, 0.25) is 5.91 Å². The normalized spacial score (nSPS) is 10.5. The third-order valence-electron chi connectivity index (χ3n) is 5.48. The highest BCUT2D eigenvalue weighted by atomic mass is 35.5. The minimum atomic E-state index is -1.08. The topological polar surface area (TPSA) is 131 Å². The summed E-state index contributed by atoms with van der Waals surface area (Å²) >= 11 is 1.23. The minimum absolute atomic E-state index is 0. The number of carbonyl (C=O) groups is 2. The molecule has 2 aromatic heterocycles. The van der Waals surface area contributed by atoms with Crippen molar-refractivity contribution in [1.29, 1.82) is 0 Å². The molecule has 0 aliphatic heterocycles. The molecular formula is C25H32Cl2N4O3S. The number of rotatable bonds is 9. The van der Waals surface area contributed by atoms with Gasteiger partial charge in [0.1, 0.15) is 0 Å². The molecule has 0 aliphatic rings. The molecule has 2 heterocycles. The number of hydrogen-bond acceptors (Lipinski definition) is 6. The van der Waals surface area contributed by atoms with Crippen LogP contribution in [0.5, 0.6) is 0 Å². The number of nitrogens with zero attached hydrogens (tertiary/aromatic N) is 1. The Labute approximate surface area is 222 Å². The van der Waals surface area contributed by atoms with Crippen LogP contribution in [-0.2, 0) is 30.7 Å². The summed E-state index contributed by atoms with van der Waals surface area (Å²) < 4.78 is 0. The van der Waals surface area contributed by atoms with Crippen LogP contribution in [0.4, 0.5) is 5.69 Å². The molecule has 0 aliphatic carbocycles. The number of nitrogens with one attached hydrogen (secondary N) is 1. The van der Waals surface area contributed by atoms with E-state index in [9.17, 15) is 14.7 Å². The van der Waals surface area contributed by atoms with Crippen molar-refractivity contribution in [3.05, 3.63) is 68.7 Å². The first-order valence-corrected chi connectivity index (χ1v) is 11.8. The third kappa shape index (κ3) is 7.25. The first-order valence-electron chi connectivity index (χ1n) is 10.8. The van der Waals surface area contributed by atoms with Crippen LogP contribution in [0.3, 0.4) is 0 Å². The number of thiophene rings is 1. The summed E-state index contributed by atoms with van der Waals surface area (Å²) in [6, 6.07) is 7.94. The van der Waals surface area contributed by atoms with Crippen molar-refractivity contribution in [3.63, 3.8) is 0 Å². The van der Waals surface area contributed by atoms with Gasteiger partial charge in [-0.2, -0.15) is 0 Å². The van der Waals surface area contributed by atoms with Crippen molar-refractivity contribution >= 4 is 53.7 Å². The number of amides is 1. The van der Waals surface area contributed by atoms with Crippen LogP contribution >= 0.6 is 36.2 Å². The first-order chi connectivity index (χ1) is 15.7. The molecule has 190 valence electrons. The van der Waals surface area contributed by atoms with Crippen molar-refractivity contribution in [2.45, 2.75) is 46.7 Å². The number of aromatic nitrogens is 1. The van der Waals surface area contributed by atoms with E-state index < -0.39 is 5.97 Å². The fraction of sp³-hybridized carbons (Fsp3) is 0.320. The van der Waals surface area contributed by atoms with E-state index in [4.69, 9.17) is 16.5 Å². The number of carbonyl (C=O) groups excluding carboxylic acids is 1. The second-order valence-corrected chi connectivity index (χ2v) is 9.15. The van der Waals surface area contributed by atoms with Gasteiger partial charge in [-0.3, -0.25) is 9.78 Å². The van der Waals surface area contributed by atoms with Crippen LogP contribution in [0, 0.1) is 12.8 Å². The monoisotopic (exact) mass is 538 g/mol. The fourth-order valence-electron chi connectivity index (χ4n) is 3.91. The van der Waals surface area contributed by atoms with E-state index in [0.717, 1.165) is 45.6 Å². The summed E-state index contributed by atoms with van der Waals surface area (Å²) in [7, 11) is 0. The molecular weight excluding hydrogens is 507 g/mol. The molecule has 0 fully saturated rings. The van der Waals surface area contributed by atoms with Crippen molar-refractivity contribution in [2.24, 2.45) is 17.4 Å². The number of nitrogens with two attached hydrogens (primary N) is 2. The Morgan fingerprint density at radius 2 is 1.71 bits per heavy atom. The first kappa shape index (κ1) is 30.5. The molecule has 0 saturated heterocycles. The van der Waals surface area contributed by atoms with Crippen LogP contribution in [0.15, 0.2) is 35.0 Å². The van der Waals surface area contributed by atoms with E-state index in [1.165, 1.54) is 16.7 Å². The summed E-state index contributed by atoms with van der Waals surface area (Å²) in [5.74, 6) is -0.981. The molecule has 6 N–H and O–H groups in total. The van der Waals surface area contributed by atoms with Gasteiger partial charge < -0.3 is 21.9 Å². The van der Waals surface area contributed by atoms with E-state index in [2.05, 4.69) is 19.2 Å². The highest BCUT2D eigenvalue weighted by Gasteiger charge is 2.22. The van der Waals surface area contributed by atoms with Crippen LogP contribution in [-0.4, -0.2) is 22.0 Å². The average molecular weight is 540 g/mol. The molecule has 1 aromatic carbocycles. The number of aryl methyl sites for hydroxylation is 1. The molecule has 1 amide bonds. The summed E-state index contributed by atoms with van der Waals surface area (Å²) in [6.45, 7) is 6.91. The molecule has 0 spiro atoms. The molecule has 10 heteroatoms. The molecule has 0 unspecified atom stereocenters.